The number of rotatable bonds is 4. The fourth-order valence-electron chi connectivity index (χ4n) is 1.19. The molecule has 0 aliphatic heterocycles. The summed E-state index contributed by atoms with van der Waals surface area (Å²) in [6.45, 7) is 1.94. The van der Waals surface area contributed by atoms with Crippen LogP contribution in [0.2, 0.25) is 5.02 Å². The van der Waals surface area contributed by atoms with Crippen molar-refractivity contribution in [2.75, 3.05) is 6.61 Å². The van der Waals surface area contributed by atoms with Crippen LogP contribution in [-0.4, -0.2) is 12.9 Å². The molecule has 1 aromatic carbocycles. The van der Waals surface area contributed by atoms with Gasteiger partial charge in [-0.15, -0.1) is 0 Å². The topological polar surface area (TPSA) is 26.3 Å². The van der Waals surface area contributed by atoms with E-state index in [0.717, 1.165) is 6.07 Å². The molecule has 0 aliphatic carbocycles. The van der Waals surface area contributed by atoms with Crippen molar-refractivity contribution in [2.45, 2.75) is 13.3 Å². The molecule has 0 spiro atoms. The zero-order chi connectivity index (χ0) is 11.4. The van der Waals surface area contributed by atoms with Gasteiger partial charge >= 0.3 is 0 Å². The fourth-order valence-corrected chi connectivity index (χ4v) is 1.46. The largest absolute Gasteiger partial charge is 0.492 e. The maximum absolute atomic E-state index is 13.3. The van der Waals surface area contributed by atoms with E-state index in [4.69, 9.17) is 16.3 Å². The maximum Gasteiger partial charge on any atom is 0.166 e. The molecular weight excluding hydrogens is 226 g/mol. The molecule has 0 heterocycles. The molecular formula is C10H9ClF2O2. The van der Waals surface area contributed by atoms with Crippen molar-refractivity contribution in [2.24, 2.45) is 0 Å². The molecule has 0 aromatic heterocycles. The van der Waals surface area contributed by atoms with Crippen LogP contribution in [0.15, 0.2) is 6.07 Å². The first-order chi connectivity index (χ1) is 7.11. The first-order valence-electron chi connectivity index (χ1n) is 4.34. The van der Waals surface area contributed by atoms with E-state index in [0.29, 0.717) is 6.29 Å². The molecule has 0 N–H and O–H groups in total. The summed E-state index contributed by atoms with van der Waals surface area (Å²) in [6, 6.07) is 0.830. The Labute approximate surface area is 90.8 Å². The molecule has 0 unspecified atom stereocenters. The Bertz CT molecular complexity index is 380. The van der Waals surface area contributed by atoms with Crippen LogP contribution in [0.3, 0.4) is 0 Å². The number of hydrogen-bond acceptors (Lipinski definition) is 2. The molecule has 0 bridgehead atoms. The zero-order valence-corrected chi connectivity index (χ0v) is 8.78. The van der Waals surface area contributed by atoms with Crippen LogP contribution in [0.4, 0.5) is 8.78 Å². The van der Waals surface area contributed by atoms with Crippen molar-refractivity contribution in [3.8, 4) is 5.75 Å². The number of aldehydes is 1. The Morgan fingerprint density at radius 3 is 2.73 bits per heavy atom. The molecule has 2 nitrogen and oxygen atoms in total. The molecule has 0 fully saturated rings. The average Bonchev–Trinajstić information content (AvgIpc) is 2.20. The monoisotopic (exact) mass is 234 g/mol. The van der Waals surface area contributed by atoms with Gasteiger partial charge in [-0.3, -0.25) is 0 Å². The maximum atomic E-state index is 13.3. The molecule has 0 atom stereocenters. The Kier molecular flexibility index (Phi) is 4.03. The van der Waals surface area contributed by atoms with Crippen molar-refractivity contribution in [3.63, 3.8) is 0 Å². The van der Waals surface area contributed by atoms with Gasteiger partial charge in [0, 0.05) is 12.0 Å². The third kappa shape index (κ3) is 2.45. The summed E-state index contributed by atoms with van der Waals surface area (Å²) in [7, 11) is 0. The van der Waals surface area contributed by atoms with Crippen LogP contribution in [0.1, 0.15) is 12.5 Å². The number of halogens is 3. The van der Waals surface area contributed by atoms with E-state index in [-0.39, 0.29) is 29.4 Å². The Morgan fingerprint density at radius 2 is 2.20 bits per heavy atom. The number of carbonyl (C=O) groups excluding carboxylic acids is 1. The summed E-state index contributed by atoms with van der Waals surface area (Å²) in [6.07, 6.45) is 0.204. The van der Waals surface area contributed by atoms with E-state index in [1.54, 1.807) is 6.92 Å². The lowest BCUT2D eigenvalue weighted by atomic mass is 10.1. The number of carbonyl (C=O) groups is 1. The molecule has 15 heavy (non-hydrogen) atoms. The molecule has 0 aliphatic rings. The predicted octanol–water partition coefficient (Wildman–Crippen LogP) is 2.76. The minimum atomic E-state index is -1.09. The SMILES string of the molecule is CCOc1c(Cl)cc(F)c(F)c1CC=O. The predicted molar refractivity (Wildman–Crippen MR) is 52.3 cm³/mol. The van der Waals surface area contributed by atoms with Gasteiger partial charge in [0.25, 0.3) is 0 Å². The van der Waals surface area contributed by atoms with Gasteiger partial charge in [-0.1, -0.05) is 11.6 Å². The van der Waals surface area contributed by atoms with Gasteiger partial charge in [-0.05, 0) is 13.0 Å². The molecule has 5 heteroatoms. The molecule has 82 valence electrons. The smallest absolute Gasteiger partial charge is 0.166 e. The molecule has 0 saturated carbocycles. The van der Waals surface area contributed by atoms with E-state index in [2.05, 4.69) is 0 Å². The molecule has 0 amide bonds. The summed E-state index contributed by atoms with van der Waals surface area (Å²) < 4.78 is 31.3. The van der Waals surface area contributed by atoms with Crippen LogP contribution in [0.25, 0.3) is 0 Å². The zero-order valence-electron chi connectivity index (χ0n) is 8.02. The first-order valence-corrected chi connectivity index (χ1v) is 4.72. The molecule has 0 saturated heterocycles. The lowest BCUT2D eigenvalue weighted by Crippen LogP contribution is -2.03. The second-order valence-electron chi connectivity index (χ2n) is 2.77. The third-order valence-corrected chi connectivity index (χ3v) is 2.08. The van der Waals surface area contributed by atoms with Gasteiger partial charge in [0.1, 0.15) is 12.0 Å². The summed E-state index contributed by atoms with van der Waals surface area (Å²) in [5, 5.41) is -0.0346. The quantitative estimate of drug-likeness (QED) is 0.592. The highest BCUT2D eigenvalue weighted by atomic mass is 35.5. The van der Waals surface area contributed by atoms with E-state index >= 15 is 0 Å². The van der Waals surface area contributed by atoms with E-state index < -0.39 is 11.6 Å². The highest BCUT2D eigenvalue weighted by Gasteiger charge is 2.18. The van der Waals surface area contributed by atoms with Gasteiger partial charge < -0.3 is 9.53 Å². The highest BCUT2D eigenvalue weighted by Crippen LogP contribution is 2.32. The lowest BCUT2D eigenvalue weighted by Gasteiger charge is -2.11. The summed E-state index contributed by atoms with van der Waals surface area (Å²) >= 11 is 5.67. The van der Waals surface area contributed by atoms with E-state index in [1.165, 1.54) is 0 Å². The van der Waals surface area contributed by atoms with Crippen molar-refractivity contribution >= 4 is 17.9 Å². The normalized spacial score (nSPS) is 10.1. The minimum absolute atomic E-state index is 0.0326. The Hall–Kier alpha value is -1.16. The standard InChI is InChI=1S/C10H9ClF2O2/c1-2-15-10-6(3-4-14)9(13)8(12)5-7(10)11/h4-5H,2-3H2,1H3. The molecule has 1 aromatic rings. The van der Waals surface area contributed by atoms with Gasteiger partial charge in [0.15, 0.2) is 11.6 Å². The van der Waals surface area contributed by atoms with Crippen molar-refractivity contribution in [3.05, 3.63) is 28.3 Å². The van der Waals surface area contributed by atoms with E-state index in [9.17, 15) is 13.6 Å². The number of benzene rings is 1. The van der Waals surface area contributed by atoms with E-state index in [1.807, 2.05) is 0 Å². The summed E-state index contributed by atoms with van der Waals surface area (Å²) in [5.74, 6) is -2.14. The third-order valence-electron chi connectivity index (χ3n) is 1.80. The second kappa shape index (κ2) is 5.07. The lowest BCUT2D eigenvalue weighted by molar-refractivity contribution is -0.107. The van der Waals surface area contributed by atoms with Crippen LogP contribution < -0.4 is 4.74 Å². The minimum Gasteiger partial charge on any atom is -0.492 e. The van der Waals surface area contributed by atoms with Crippen LogP contribution in [0.5, 0.6) is 5.75 Å². The van der Waals surface area contributed by atoms with Crippen molar-refractivity contribution in [1.29, 1.82) is 0 Å². The van der Waals surface area contributed by atoms with Crippen LogP contribution in [0, 0.1) is 11.6 Å². The Morgan fingerprint density at radius 1 is 1.53 bits per heavy atom. The first kappa shape index (κ1) is 11.9. The molecule has 0 radical (unpaired) electrons. The van der Waals surface area contributed by atoms with Gasteiger partial charge in [-0.25, -0.2) is 8.78 Å². The summed E-state index contributed by atoms with van der Waals surface area (Å²) in [4.78, 5) is 10.3. The van der Waals surface area contributed by atoms with Crippen molar-refractivity contribution in [1.82, 2.24) is 0 Å². The van der Waals surface area contributed by atoms with Gasteiger partial charge in [0.2, 0.25) is 0 Å². The second-order valence-corrected chi connectivity index (χ2v) is 3.17. The highest BCUT2D eigenvalue weighted by molar-refractivity contribution is 6.32. The van der Waals surface area contributed by atoms with Gasteiger partial charge in [0.05, 0.1) is 11.6 Å². The van der Waals surface area contributed by atoms with Gasteiger partial charge in [-0.2, -0.15) is 0 Å². The average molecular weight is 235 g/mol. The fraction of sp³-hybridized carbons (Fsp3) is 0.300. The number of hydrogen-bond donors (Lipinski definition) is 0. The Balaban J connectivity index is 3.32. The number of ether oxygens (including phenoxy) is 1. The van der Waals surface area contributed by atoms with Crippen molar-refractivity contribution < 1.29 is 18.3 Å². The van der Waals surface area contributed by atoms with Crippen LogP contribution in [-0.2, 0) is 11.2 Å². The summed E-state index contributed by atoms with van der Waals surface area (Å²) in [5.41, 5.74) is -0.142. The van der Waals surface area contributed by atoms with Crippen LogP contribution >= 0.6 is 11.6 Å². The molecule has 1 rings (SSSR count).